The molecule has 33 heavy (non-hydrogen) atoms. The molecule has 0 saturated heterocycles. The molecule has 4 N–H and O–H groups in total. The molecule has 0 saturated carbocycles. The highest BCUT2D eigenvalue weighted by molar-refractivity contribution is 6.36. The van der Waals surface area contributed by atoms with E-state index in [4.69, 9.17) is 43.6 Å². The summed E-state index contributed by atoms with van der Waals surface area (Å²) in [4.78, 5) is 13.2. The highest BCUT2D eigenvalue weighted by Crippen LogP contribution is 2.37. The van der Waals surface area contributed by atoms with Gasteiger partial charge in [-0.3, -0.25) is 9.48 Å². The standard InChI is InChI=1S/C20H21Cl2FN4O2.C2H4O2/c1-11(17-14(21)4-5-15(23)18(17)22)29-16-6-12(7-25-19(16)24)13-8-26-27(9-13)20(2,3)10-28;1-2(3)4/h4-9,11,28H,10H2,1-3H3,(H2,24,25);1H3,(H,3,4). The van der Waals surface area contributed by atoms with Crippen molar-refractivity contribution in [3.63, 3.8) is 0 Å². The lowest BCUT2D eigenvalue weighted by Gasteiger charge is -2.22. The third-order valence-electron chi connectivity index (χ3n) is 4.59. The summed E-state index contributed by atoms with van der Waals surface area (Å²) in [5, 5.41) is 21.4. The number of aromatic nitrogens is 3. The van der Waals surface area contributed by atoms with Crippen molar-refractivity contribution >= 4 is 35.0 Å². The van der Waals surface area contributed by atoms with Gasteiger partial charge < -0.3 is 20.7 Å². The molecule has 1 unspecified atom stereocenters. The number of carboxylic acid groups (broad SMARTS) is 1. The van der Waals surface area contributed by atoms with Crippen LogP contribution in [0.1, 0.15) is 39.4 Å². The number of aliphatic carboxylic acids is 1. The number of halogens is 3. The van der Waals surface area contributed by atoms with Crippen molar-refractivity contribution in [1.82, 2.24) is 14.8 Å². The molecule has 0 fully saturated rings. The predicted octanol–water partition coefficient (Wildman–Crippen LogP) is 4.93. The number of nitrogens with two attached hydrogens (primary N) is 1. The summed E-state index contributed by atoms with van der Waals surface area (Å²) in [5.41, 5.74) is 7.25. The van der Waals surface area contributed by atoms with E-state index in [0.717, 1.165) is 18.1 Å². The lowest BCUT2D eigenvalue weighted by molar-refractivity contribution is -0.134. The van der Waals surface area contributed by atoms with E-state index in [2.05, 4.69) is 10.1 Å². The molecular formula is C22H25Cl2FN4O4. The maximum atomic E-state index is 13.8. The molecule has 0 aliphatic carbocycles. The van der Waals surface area contributed by atoms with Gasteiger partial charge in [-0.2, -0.15) is 5.10 Å². The zero-order valence-corrected chi connectivity index (χ0v) is 20.0. The van der Waals surface area contributed by atoms with Gasteiger partial charge in [0.15, 0.2) is 11.6 Å². The number of nitrogens with zero attached hydrogens (tertiary/aromatic N) is 3. The number of hydrogen-bond donors (Lipinski definition) is 3. The van der Waals surface area contributed by atoms with Crippen molar-refractivity contribution in [2.75, 3.05) is 12.3 Å². The minimum Gasteiger partial charge on any atom is -0.482 e. The Labute approximate surface area is 200 Å². The number of pyridine rings is 1. The van der Waals surface area contributed by atoms with Gasteiger partial charge in [0.05, 0.1) is 23.4 Å². The second-order valence-corrected chi connectivity index (χ2v) is 8.57. The van der Waals surface area contributed by atoms with Gasteiger partial charge in [-0.05, 0) is 39.0 Å². The van der Waals surface area contributed by atoms with Crippen molar-refractivity contribution in [3.05, 3.63) is 58.2 Å². The number of carboxylic acids is 1. The molecule has 0 radical (unpaired) electrons. The fourth-order valence-corrected chi connectivity index (χ4v) is 3.43. The zero-order chi connectivity index (χ0) is 24.9. The molecule has 2 heterocycles. The molecule has 3 aromatic rings. The van der Waals surface area contributed by atoms with Crippen molar-refractivity contribution in [1.29, 1.82) is 0 Å². The van der Waals surface area contributed by atoms with Crippen LogP contribution in [0.2, 0.25) is 10.0 Å². The molecule has 0 bridgehead atoms. The van der Waals surface area contributed by atoms with E-state index < -0.39 is 23.4 Å². The Morgan fingerprint density at radius 3 is 2.55 bits per heavy atom. The molecular weight excluding hydrogens is 474 g/mol. The Bertz CT molecular complexity index is 1130. The smallest absolute Gasteiger partial charge is 0.300 e. The van der Waals surface area contributed by atoms with Crippen molar-refractivity contribution in [2.45, 2.75) is 39.3 Å². The first kappa shape index (κ1) is 26.4. The van der Waals surface area contributed by atoms with E-state index >= 15 is 0 Å². The molecule has 0 amide bonds. The molecule has 1 atom stereocenters. The predicted molar refractivity (Wildman–Crippen MR) is 125 cm³/mol. The summed E-state index contributed by atoms with van der Waals surface area (Å²) in [6, 6.07) is 4.34. The van der Waals surface area contributed by atoms with Crippen LogP contribution in [0.5, 0.6) is 5.75 Å². The largest absolute Gasteiger partial charge is 0.482 e. The van der Waals surface area contributed by atoms with Crippen molar-refractivity contribution in [3.8, 4) is 16.9 Å². The number of nitrogen functional groups attached to an aromatic ring is 1. The van der Waals surface area contributed by atoms with E-state index in [1.165, 1.54) is 12.1 Å². The van der Waals surface area contributed by atoms with E-state index in [9.17, 15) is 9.50 Å². The number of anilines is 1. The average Bonchev–Trinajstić information content (AvgIpc) is 3.23. The zero-order valence-electron chi connectivity index (χ0n) is 18.5. The van der Waals surface area contributed by atoms with E-state index in [-0.39, 0.29) is 17.4 Å². The molecule has 1 aromatic carbocycles. The van der Waals surface area contributed by atoms with Crippen LogP contribution in [0.15, 0.2) is 36.8 Å². The third-order valence-corrected chi connectivity index (χ3v) is 5.31. The van der Waals surface area contributed by atoms with Crippen LogP contribution in [0, 0.1) is 5.82 Å². The summed E-state index contributed by atoms with van der Waals surface area (Å²) in [7, 11) is 0. The van der Waals surface area contributed by atoms with Gasteiger partial charge in [0, 0.05) is 41.0 Å². The van der Waals surface area contributed by atoms with Crippen LogP contribution in [0.4, 0.5) is 10.2 Å². The molecule has 0 aliphatic rings. The third kappa shape index (κ3) is 6.56. The summed E-state index contributed by atoms with van der Waals surface area (Å²) >= 11 is 12.2. The summed E-state index contributed by atoms with van der Waals surface area (Å²) in [6.07, 6.45) is 4.40. The summed E-state index contributed by atoms with van der Waals surface area (Å²) in [6.45, 7) is 6.46. The van der Waals surface area contributed by atoms with Gasteiger partial charge in [-0.1, -0.05) is 23.2 Å². The second kappa shape index (κ2) is 10.8. The van der Waals surface area contributed by atoms with E-state index in [0.29, 0.717) is 16.3 Å². The Morgan fingerprint density at radius 2 is 1.94 bits per heavy atom. The van der Waals surface area contributed by atoms with Crippen molar-refractivity contribution < 1.29 is 24.1 Å². The van der Waals surface area contributed by atoms with Gasteiger partial charge in [0.2, 0.25) is 0 Å². The first-order chi connectivity index (χ1) is 15.4. The Balaban J connectivity index is 0.000000890. The van der Waals surface area contributed by atoms with E-state index in [1.807, 2.05) is 13.8 Å². The van der Waals surface area contributed by atoms with Crippen LogP contribution in [0.3, 0.4) is 0 Å². The van der Waals surface area contributed by atoms with Crippen LogP contribution in [0.25, 0.3) is 11.1 Å². The summed E-state index contributed by atoms with van der Waals surface area (Å²) < 4.78 is 21.4. The normalized spacial score (nSPS) is 12.0. The van der Waals surface area contributed by atoms with Crippen molar-refractivity contribution in [2.24, 2.45) is 0 Å². The molecule has 3 rings (SSSR count). The second-order valence-electron chi connectivity index (χ2n) is 7.79. The fraction of sp³-hybridized carbons (Fsp3) is 0.318. The molecule has 178 valence electrons. The Kier molecular flexibility index (Phi) is 8.65. The van der Waals surface area contributed by atoms with Gasteiger partial charge >= 0.3 is 0 Å². The van der Waals surface area contributed by atoms with Crippen LogP contribution >= 0.6 is 23.2 Å². The highest BCUT2D eigenvalue weighted by Gasteiger charge is 2.22. The first-order valence-electron chi connectivity index (χ1n) is 9.78. The number of rotatable bonds is 6. The number of aliphatic hydroxyl groups excluding tert-OH is 1. The lowest BCUT2D eigenvalue weighted by Crippen LogP contribution is -2.30. The maximum Gasteiger partial charge on any atom is 0.300 e. The topological polar surface area (TPSA) is 123 Å². The highest BCUT2D eigenvalue weighted by atomic mass is 35.5. The number of aliphatic hydroxyl groups is 1. The first-order valence-corrected chi connectivity index (χ1v) is 10.5. The van der Waals surface area contributed by atoms with Crippen LogP contribution in [-0.2, 0) is 10.3 Å². The molecule has 2 aromatic heterocycles. The Hall–Kier alpha value is -2.88. The number of ether oxygens (including phenoxy) is 1. The minimum atomic E-state index is -0.833. The summed E-state index contributed by atoms with van der Waals surface area (Å²) in [5.74, 6) is -0.937. The molecule has 8 nitrogen and oxygen atoms in total. The SMILES string of the molecule is CC(=O)O.CC(Oc1cc(-c2cnn(C(C)(C)CO)c2)cnc1N)c1c(Cl)ccc(F)c1Cl. The van der Waals surface area contributed by atoms with Gasteiger partial charge in [0.25, 0.3) is 5.97 Å². The maximum absolute atomic E-state index is 13.8. The monoisotopic (exact) mass is 498 g/mol. The van der Waals surface area contributed by atoms with Crippen LogP contribution < -0.4 is 10.5 Å². The van der Waals surface area contributed by atoms with Gasteiger partial charge in [-0.15, -0.1) is 0 Å². The number of carbonyl (C=O) groups is 1. The molecule has 0 aliphatic heterocycles. The van der Waals surface area contributed by atoms with Gasteiger partial charge in [0.1, 0.15) is 11.9 Å². The lowest BCUT2D eigenvalue weighted by atomic mass is 10.1. The number of benzene rings is 1. The minimum absolute atomic E-state index is 0.0604. The quantitative estimate of drug-likeness (QED) is 0.411. The molecule has 0 spiro atoms. The number of hydrogen-bond acceptors (Lipinski definition) is 6. The van der Waals surface area contributed by atoms with Crippen LogP contribution in [-0.4, -0.2) is 37.6 Å². The van der Waals surface area contributed by atoms with E-state index in [1.54, 1.807) is 36.3 Å². The molecule has 11 heteroatoms. The Morgan fingerprint density at radius 1 is 1.30 bits per heavy atom. The average molecular weight is 499 g/mol. The van der Waals surface area contributed by atoms with Gasteiger partial charge in [-0.25, -0.2) is 9.37 Å². The fourth-order valence-electron chi connectivity index (χ4n) is 2.75.